The maximum absolute atomic E-state index is 10.8. The number of rotatable bonds is 1. The van der Waals surface area contributed by atoms with Gasteiger partial charge in [0.25, 0.3) is 0 Å². The highest BCUT2D eigenvalue weighted by atomic mass is 32.2. The van der Waals surface area contributed by atoms with Crippen molar-refractivity contribution in [3.63, 3.8) is 0 Å². The Hall–Kier alpha value is -0.380. The summed E-state index contributed by atoms with van der Waals surface area (Å²) < 4.78 is 4.55. The summed E-state index contributed by atoms with van der Waals surface area (Å²) in [5, 5.41) is 0. The molecular weight excluding hydrogens is 150 g/mol. The van der Waals surface area contributed by atoms with Gasteiger partial charge in [-0.25, -0.2) is 4.79 Å². The van der Waals surface area contributed by atoms with Crippen LogP contribution in [0.25, 0.3) is 0 Å². The average Bonchev–Trinajstić information content (AvgIpc) is 1.82. The standard InChI is InChI=1S/C6H11NO2S/c1-7(6(8)9-2)5-3-10-4-5/h5H,3-4H2,1-2H3. The summed E-state index contributed by atoms with van der Waals surface area (Å²) in [6.45, 7) is 0. The Bertz CT molecular complexity index is 136. The van der Waals surface area contributed by atoms with Gasteiger partial charge in [0.15, 0.2) is 0 Å². The highest BCUT2D eigenvalue weighted by molar-refractivity contribution is 8.00. The number of methoxy groups -OCH3 is 1. The van der Waals surface area contributed by atoms with Gasteiger partial charge in [-0.1, -0.05) is 0 Å². The third kappa shape index (κ3) is 1.37. The maximum atomic E-state index is 10.8. The van der Waals surface area contributed by atoms with Crippen molar-refractivity contribution < 1.29 is 9.53 Å². The molecule has 4 heteroatoms. The van der Waals surface area contributed by atoms with Crippen molar-refractivity contribution in [2.45, 2.75) is 6.04 Å². The molecule has 0 N–H and O–H groups in total. The van der Waals surface area contributed by atoms with Crippen molar-refractivity contribution in [1.29, 1.82) is 0 Å². The number of ether oxygens (including phenoxy) is 1. The number of carbonyl (C=O) groups excluding carboxylic acids is 1. The fraction of sp³-hybridized carbons (Fsp3) is 0.833. The van der Waals surface area contributed by atoms with E-state index in [0.717, 1.165) is 11.5 Å². The molecule has 0 atom stereocenters. The first kappa shape index (κ1) is 7.72. The first-order valence-electron chi connectivity index (χ1n) is 3.14. The van der Waals surface area contributed by atoms with E-state index in [1.165, 1.54) is 7.11 Å². The van der Waals surface area contributed by atoms with Crippen LogP contribution in [0.3, 0.4) is 0 Å². The quantitative estimate of drug-likeness (QED) is 0.569. The van der Waals surface area contributed by atoms with Crippen molar-refractivity contribution in [2.24, 2.45) is 0 Å². The molecule has 0 saturated carbocycles. The molecule has 0 unspecified atom stereocenters. The summed E-state index contributed by atoms with van der Waals surface area (Å²) >= 11 is 1.85. The van der Waals surface area contributed by atoms with Gasteiger partial charge in [0.05, 0.1) is 13.2 Å². The molecule has 0 aromatic carbocycles. The van der Waals surface area contributed by atoms with Gasteiger partial charge in [0.2, 0.25) is 0 Å². The molecule has 1 heterocycles. The largest absolute Gasteiger partial charge is 0.453 e. The number of hydrogen-bond donors (Lipinski definition) is 0. The van der Waals surface area contributed by atoms with E-state index in [0.29, 0.717) is 6.04 Å². The number of hydrogen-bond acceptors (Lipinski definition) is 3. The van der Waals surface area contributed by atoms with E-state index in [-0.39, 0.29) is 6.09 Å². The fourth-order valence-corrected chi connectivity index (χ4v) is 1.63. The van der Waals surface area contributed by atoms with Crippen LogP contribution >= 0.6 is 11.8 Å². The van der Waals surface area contributed by atoms with Crippen LogP contribution in [0.2, 0.25) is 0 Å². The summed E-state index contributed by atoms with van der Waals surface area (Å²) in [6, 6.07) is 0.400. The predicted octanol–water partition coefficient (Wildman–Crippen LogP) is 0.800. The average molecular weight is 161 g/mol. The smallest absolute Gasteiger partial charge is 0.409 e. The van der Waals surface area contributed by atoms with Crippen LogP contribution in [-0.4, -0.2) is 42.7 Å². The Morgan fingerprint density at radius 2 is 2.30 bits per heavy atom. The zero-order valence-electron chi connectivity index (χ0n) is 6.16. The van der Waals surface area contributed by atoms with Gasteiger partial charge in [-0.05, 0) is 0 Å². The molecule has 1 rings (SSSR count). The van der Waals surface area contributed by atoms with Crippen LogP contribution in [0, 0.1) is 0 Å². The van der Waals surface area contributed by atoms with Crippen molar-refractivity contribution in [2.75, 3.05) is 25.7 Å². The van der Waals surface area contributed by atoms with Crippen LogP contribution in [0.5, 0.6) is 0 Å². The summed E-state index contributed by atoms with van der Waals surface area (Å²) in [5.41, 5.74) is 0. The molecule has 0 spiro atoms. The number of thioether (sulfide) groups is 1. The van der Waals surface area contributed by atoms with Crippen LogP contribution in [0.1, 0.15) is 0 Å². The molecule has 1 fully saturated rings. The summed E-state index contributed by atoms with van der Waals surface area (Å²) in [4.78, 5) is 12.5. The zero-order chi connectivity index (χ0) is 7.56. The lowest BCUT2D eigenvalue weighted by molar-refractivity contribution is 0.123. The number of amides is 1. The van der Waals surface area contributed by atoms with Crippen LogP contribution in [-0.2, 0) is 4.74 Å². The normalized spacial score (nSPS) is 17.8. The Morgan fingerprint density at radius 3 is 2.60 bits per heavy atom. The molecule has 10 heavy (non-hydrogen) atoms. The van der Waals surface area contributed by atoms with E-state index in [4.69, 9.17) is 0 Å². The monoisotopic (exact) mass is 161 g/mol. The molecule has 1 amide bonds. The van der Waals surface area contributed by atoms with Gasteiger partial charge >= 0.3 is 6.09 Å². The van der Waals surface area contributed by atoms with E-state index in [9.17, 15) is 4.79 Å². The Morgan fingerprint density at radius 1 is 1.70 bits per heavy atom. The van der Waals surface area contributed by atoms with Gasteiger partial charge in [0.1, 0.15) is 0 Å². The van der Waals surface area contributed by atoms with Gasteiger partial charge in [0, 0.05) is 18.6 Å². The van der Waals surface area contributed by atoms with Crippen LogP contribution < -0.4 is 0 Å². The topological polar surface area (TPSA) is 29.5 Å². The van der Waals surface area contributed by atoms with E-state index < -0.39 is 0 Å². The molecule has 3 nitrogen and oxygen atoms in total. The van der Waals surface area contributed by atoms with Gasteiger partial charge in [-0.3, -0.25) is 0 Å². The van der Waals surface area contributed by atoms with Crippen LogP contribution in [0.15, 0.2) is 0 Å². The molecular formula is C6H11NO2S. The van der Waals surface area contributed by atoms with Crippen molar-refractivity contribution in [3.05, 3.63) is 0 Å². The number of nitrogens with zero attached hydrogens (tertiary/aromatic N) is 1. The van der Waals surface area contributed by atoms with Gasteiger partial charge < -0.3 is 9.64 Å². The molecule has 0 aromatic rings. The lowest BCUT2D eigenvalue weighted by atomic mass is 10.3. The molecule has 1 saturated heterocycles. The van der Waals surface area contributed by atoms with Crippen LogP contribution in [0.4, 0.5) is 4.79 Å². The minimum absolute atomic E-state index is 0.231. The second kappa shape index (κ2) is 3.14. The summed E-state index contributed by atoms with van der Waals surface area (Å²) in [6.07, 6.45) is -0.231. The Labute approximate surface area is 64.7 Å². The highest BCUT2D eigenvalue weighted by Crippen LogP contribution is 2.22. The Kier molecular flexibility index (Phi) is 2.43. The minimum Gasteiger partial charge on any atom is -0.453 e. The molecule has 0 aliphatic carbocycles. The second-order valence-corrected chi connectivity index (χ2v) is 3.35. The summed E-state index contributed by atoms with van der Waals surface area (Å²) in [5.74, 6) is 2.09. The lowest BCUT2D eigenvalue weighted by Crippen LogP contribution is -2.45. The molecule has 58 valence electrons. The highest BCUT2D eigenvalue weighted by Gasteiger charge is 2.26. The first-order valence-corrected chi connectivity index (χ1v) is 4.29. The number of carbonyl (C=O) groups is 1. The SMILES string of the molecule is COC(=O)N(C)C1CSC1. The molecule has 0 radical (unpaired) electrons. The first-order chi connectivity index (χ1) is 4.75. The molecule has 1 aliphatic rings. The second-order valence-electron chi connectivity index (χ2n) is 2.27. The molecule has 1 aliphatic heterocycles. The zero-order valence-corrected chi connectivity index (χ0v) is 6.98. The summed E-state index contributed by atoms with van der Waals surface area (Å²) in [7, 11) is 3.18. The minimum atomic E-state index is -0.231. The fourth-order valence-electron chi connectivity index (χ4n) is 0.740. The van der Waals surface area contributed by atoms with Crippen molar-refractivity contribution in [3.8, 4) is 0 Å². The van der Waals surface area contributed by atoms with Crippen molar-refractivity contribution >= 4 is 17.9 Å². The maximum Gasteiger partial charge on any atom is 0.409 e. The third-order valence-corrected chi connectivity index (χ3v) is 2.87. The van der Waals surface area contributed by atoms with E-state index in [1.54, 1.807) is 11.9 Å². The third-order valence-electron chi connectivity index (χ3n) is 1.63. The molecule has 0 aromatic heterocycles. The van der Waals surface area contributed by atoms with Gasteiger partial charge in [-0.15, -0.1) is 0 Å². The Balaban J connectivity index is 2.31. The van der Waals surface area contributed by atoms with E-state index in [2.05, 4.69) is 4.74 Å². The van der Waals surface area contributed by atoms with E-state index in [1.807, 2.05) is 11.8 Å². The molecule has 0 bridgehead atoms. The van der Waals surface area contributed by atoms with Crippen molar-refractivity contribution in [1.82, 2.24) is 4.90 Å². The van der Waals surface area contributed by atoms with Gasteiger partial charge in [-0.2, -0.15) is 11.8 Å². The van der Waals surface area contributed by atoms with E-state index >= 15 is 0 Å². The lowest BCUT2D eigenvalue weighted by Gasteiger charge is -2.32. The predicted molar refractivity (Wildman–Crippen MR) is 41.3 cm³/mol.